The van der Waals surface area contributed by atoms with Crippen molar-refractivity contribution in [1.29, 1.82) is 0 Å². The van der Waals surface area contributed by atoms with E-state index in [1.807, 2.05) is 30.3 Å². The van der Waals surface area contributed by atoms with E-state index < -0.39 is 11.3 Å². The zero-order valence-corrected chi connectivity index (χ0v) is 16.1. The molecule has 30 heavy (non-hydrogen) atoms. The summed E-state index contributed by atoms with van der Waals surface area (Å²) in [5, 5.41) is 2.92. The van der Waals surface area contributed by atoms with Crippen molar-refractivity contribution >= 4 is 17.6 Å². The minimum Gasteiger partial charge on any atom is -0.454 e. The molecule has 2 heterocycles. The van der Waals surface area contributed by atoms with Crippen LogP contribution in [0.4, 0.5) is 5.82 Å². The summed E-state index contributed by atoms with van der Waals surface area (Å²) in [6.07, 6.45) is 3.21. The number of primary amides is 1. The lowest BCUT2D eigenvalue weighted by Gasteiger charge is -2.16. The van der Waals surface area contributed by atoms with Crippen LogP contribution < -0.4 is 20.5 Å². The molecule has 3 N–H and O–H groups in total. The maximum Gasteiger partial charge on any atom is 0.248 e. The van der Waals surface area contributed by atoms with Gasteiger partial charge in [0.05, 0.1) is 5.41 Å². The lowest BCUT2D eigenvalue weighted by Crippen LogP contribution is -2.28. The quantitative estimate of drug-likeness (QED) is 0.679. The number of carbonyl (C=O) groups excluding carboxylic acids is 2. The van der Waals surface area contributed by atoms with Crippen LogP contribution in [-0.4, -0.2) is 23.6 Å². The molecule has 2 amide bonds. The van der Waals surface area contributed by atoms with Crippen LogP contribution in [0.15, 0.2) is 60.8 Å². The number of pyridine rings is 1. The summed E-state index contributed by atoms with van der Waals surface area (Å²) in [5.41, 5.74) is 7.80. The van der Waals surface area contributed by atoms with Gasteiger partial charge in [-0.1, -0.05) is 18.2 Å². The van der Waals surface area contributed by atoms with E-state index in [1.54, 1.807) is 30.5 Å². The number of anilines is 1. The highest BCUT2D eigenvalue weighted by atomic mass is 16.7. The Morgan fingerprint density at radius 2 is 1.83 bits per heavy atom. The second-order valence-electron chi connectivity index (χ2n) is 7.48. The summed E-state index contributed by atoms with van der Waals surface area (Å²) in [6.45, 7) is 0.205. The van der Waals surface area contributed by atoms with Crippen LogP contribution in [0.1, 0.15) is 30.2 Å². The highest BCUT2D eigenvalue weighted by Crippen LogP contribution is 2.51. The Bertz CT molecular complexity index is 1160. The number of fused-ring (bicyclic) bond motifs is 1. The summed E-state index contributed by atoms with van der Waals surface area (Å²) < 4.78 is 10.8. The van der Waals surface area contributed by atoms with E-state index in [-0.39, 0.29) is 14.1 Å². The average Bonchev–Trinajstić information content (AvgIpc) is 3.45. The zero-order valence-electron chi connectivity index (χ0n) is 16.1. The molecule has 152 valence electrons. The van der Waals surface area contributed by atoms with E-state index in [1.165, 1.54) is 0 Å². The maximum absolute atomic E-state index is 13.0. The monoisotopic (exact) mass is 403 g/mol. The van der Waals surface area contributed by atoms with Gasteiger partial charge in [-0.3, -0.25) is 9.59 Å². The molecule has 0 spiro atoms. The van der Waals surface area contributed by atoms with Gasteiger partial charge in [0.15, 0.2) is 11.5 Å². The summed E-state index contributed by atoms with van der Waals surface area (Å²) in [6, 6.07) is 16.3. The van der Waals surface area contributed by atoms with Crippen LogP contribution in [0.5, 0.6) is 11.5 Å². The predicted molar refractivity (Wildman–Crippen MR) is 112 cm³/mol. The second kappa shape index (κ2) is 6.88. The predicted octanol–water partition coefficient (Wildman–Crippen LogP) is 3.49. The first-order valence-corrected chi connectivity index (χ1v) is 9.63. The molecular weight excluding hydrogens is 382 g/mol. The minimum atomic E-state index is -0.558. The van der Waals surface area contributed by atoms with Gasteiger partial charge in [-0.05, 0) is 60.4 Å². The van der Waals surface area contributed by atoms with Crippen LogP contribution in [0.2, 0.25) is 0 Å². The van der Waals surface area contributed by atoms with Crippen LogP contribution in [0, 0.1) is 0 Å². The molecule has 1 aliphatic carbocycles. The van der Waals surface area contributed by atoms with Crippen LogP contribution in [0.25, 0.3) is 11.1 Å². The molecule has 1 aromatic heterocycles. The number of benzene rings is 2. The Labute approximate surface area is 174 Å². The van der Waals surface area contributed by atoms with Gasteiger partial charge < -0.3 is 20.5 Å². The van der Waals surface area contributed by atoms with E-state index in [4.69, 9.17) is 15.2 Å². The SMILES string of the molecule is NC(=O)c1cccc(-c2ccc(NC(=O)C3(c4ccc5c(c4)OCO5)CC3)nc2)c1.[HH]. The number of carbonyl (C=O) groups is 2. The topological polar surface area (TPSA) is 104 Å². The van der Waals surface area contributed by atoms with Gasteiger partial charge in [0.25, 0.3) is 0 Å². The lowest BCUT2D eigenvalue weighted by atomic mass is 9.94. The zero-order chi connectivity index (χ0) is 20.7. The molecule has 7 heteroatoms. The second-order valence-corrected chi connectivity index (χ2v) is 7.48. The number of hydrogen-bond donors (Lipinski definition) is 2. The first-order chi connectivity index (χ1) is 14.5. The van der Waals surface area contributed by atoms with Gasteiger partial charge in [-0.15, -0.1) is 0 Å². The van der Waals surface area contributed by atoms with Crippen molar-refractivity contribution in [2.75, 3.05) is 12.1 Å². The molecule has 0 saturated heterocycles. The molecule has 1 aliphatic heterocycles. The third-order valence-corrected chi connectivity index (χ3v) is 5.60. The van der Waals surface area contributed by atoms with Gasteiger partial charge in [0.1, 0.15) is 5.82 Å². The number of ether oxygens (including phenoxy) is 2. The van der Waals surface area contributed by atoms with E-state index in [0.717, 1.165) is 29.5 Å². The highest BCUT2D eigenvalue weighted by molar-refractivity contribution is 6.01. The van der Waals surface area contributed by atoms with Gasteiger partial charge in [-0.2, -0.15) is 0 Å². The number of amides is 2. The Hall–Kier alpha value is -3.87. The molecule has 1 saturated carbocycles. The molecule has 1 fully saturated rings. The molecule has 3 aromatic rings. The average molecular weight is 403 g/mol. The van der Waals surface area contributed by atoms with Crippen LogP contribution in [-0.2, 0) is 10.2 Å². The maximum atomic E-state index is 13.0. The molecule has 2 aliphatic rings. The molecule has 5 rings (SSSR count). The van der Waals surface area contributed by atoms with Gasteiger partial charge in [0.2, 0.25) is 18.6 Å². The Balaban J connectivity index is 0.00000231. The summed E-state index contributed by atoms with van der Waals surface area (Å²) in [7, 11) is 0. The minimum absolute atomic E-state index is 0. The Morgan fingerprint density at radius 3 is 2.57 bits per heavy atom. The number of aromatic nitrogens is 1. The van der Waals surface area contributed by atoms with Crippen molar-refractivity contribution in [3.05, 3.63) is 71.9 Å². The molecule has 0 atom stereocenters. The van der Waals surface area contributed by atoms with Crippen LogP contribution in [0.3, 0.4) is 0 Å². The fraction of sp³-hybridized carbons (Fsp3) is 0.174. The Kier molecular flexibility index (Phi) is 4.17. The lowest BCUT2D eigenvalue weighted by molar-refractivity contribution is -0.118. The summed E-state index contributed by atoms with van der Waals surface area (Å²) >= 11 is 0. The largest absolute Gasteiger partial charge is 0.454 e. The Morgan fingerprint density at radius 1 is 1.00 bits per heavy atom. The number of hydrogen-bond acceptors (Lipinski definition) is 5. The molecular formula is C23H21N3O4. The van der Waals surface area contributed by atoms with Gasteiger partial charge in [0, 0.05) is 18.8 Å². The van der Waals surface area contributed by atoms with Crippen LogP contribution >= 0.6 is 0 Å². The number of nitrogens with one attached hydrogen (secondary N) is 1. The number of nitrogens with two attached hydrogens (primary N) is 1. The first kappa shape index (κ1) is 18.2. The molecule has 7 nitrogen and oxygen atoms in total. The van der Waals surface area contributed by atoms with E-state index in [0.29, 0.717) is 22.9 Å². The van der Waals surface area contributed by atoms with E-state index in [9.17, 15) is 9.59 Å². The normalized spacial score (nSPS) is 15.5. The fourth-order valence-electron chi connectivity index (χ4n) is 3.69. The number of rotatable bonds is 5. The van der Waals surface area contributed by atoms with E-state index >= 15 is 0 Å². The van der Waals surface area contributed by atoms with Crippen molar-refractivity contribution in [3.63, 3.8) is 0 Å². The first-order valence-electron chi connectivity index (χ1n) is 9.63. The van der Waals surface area contributed by atoms with Crippen molar-refractivity contribution in [2.45, 2.75) is 18.3 Å². The van der Waals surface area contributed by atoms with Crippen molar-refractivity contribution in [1.82, 2.24) is 4.98 Å². The molecule has 0 bridgehead atoms. The standard InChI is InChI=1S/C23H19N3O4.H2/c24-21(27)15-3-1-2-14(10-15)16-4-7-20(25-12-16)26-22(28)23(8-9-23)17-5-6-18-19(11-17)30-13-29-18;/h1-7,10-12H,8-9,13H2,(H2,24,27)(H,25,26,28);1H. The highest BCUT2D eigenvalue weighted by Gasteiger charge is 2.51. The van der Waals surface area contributed by atoms with Crippen molar-refractivity contribution in [2.24, 2.45) is 5.73 Å². The van der Waals surface area contributed by atoms with Gasteiger partial charge >= 0.3 is 0 Å². The summed E-state index contributed by atoms with van der Waals surface area (Å²) in [4.78, 5) is 28.8. The van der Waals surface area contributed by atoms with Crippen molar-refractivity contribution < 1.29 is 20.5 Å². The number of nitrogens with zero attached hydrogens (tertiary/aromatic N) is 1. The van der Waals surface area contributed by atoms with Gasteiger partial charge in [-0.25, -0.2) is 4.98 Å². The summed E-state index contributed by atoms with van der Waals surface area (Å²) in [5.74, 6) is 1.28. The molecule has 2 aromatic carbocycles. The fourth-order valence-corrected chi connectivity index (χ4v) is 3.69. The third kappa shape index (κ3) is 3.14. The molecule has 0 radical (unpaired) electrons. The smallest absolute Gasteiger partial charge is 0.248 e. The third-order valence-electron chi connectivity index (χ3n) is 5.60. The van der Waals surface area contributed by atoms with Crippen molar-refractivity contribution in [3.8, 4) is 22.6 Å². The van der Waals surface area contributed by atoms with E-state index in [2.05, 4.69) is 10.3 Å². The molecule has 0 unspecified atom stereocenters.